The molecule has 0 aliphatic heterocycles. The van der Waals surface area contributed by atoms with Gasteiger partial charge >= 0.3 is 0 Å². The lowest BCUT2D eigenvalue weighted by molar-refractivity contribution is -0.936. The molecule has 116 valence electrons. The molecule has 0 saturated heterocycles. The molecule has 6 heteroatoms. The van der Waals surface area contributed by atoms with Crippen LogP contribution in [0.5, 0.6) is 0 Å². The molecule has 20 heavy (non-hydrogen) atoms. The van der Waals surface area contributed by atoms with E-state index in [0.29, 0.717) is 0 Å². The number of rotatable bonds is 6. The van der Waals surface area contributed by atoms with E-state index in [2.05, 4.69) is 55.3 Å². The lowest BCUT2D eigenvalue weighted by Gasteiger charge is -2.35. The Balaban J connectivity index is 0.000000511. The Morgan fingerprint density at radius 1 is 1.05 bits per heavy atom. The van der Waals surface area contributed by atoms with Gasteiger partial charge in [-0.1, -0.05) is 30.3 Å². The molecule has 0 saturated carbocycles. The summed E-state index contributed by atoms with van der Waals surface area (Å²) in [4.78, 5) is 0. The summed E-state index contributed by atoms with van der Waals surface area (Å²) in [5, 5.41) is 0. The second-order valence-electron chi connectivity index (χ2n) is 4.51. The molecule has 0 aliphatic rings. The molecule has 0 fully saturated rings. The maximum absolute atomic E-state index is 9.22. The van der Waals surface area contributed by atoms with Crippen molar-refractivity contribution < 1.29 is 21.6 Å². The summed E-state index contributed by atoms with van der Waals surface area (Å²) < 4.78 is 32.2. The van der Waals surface area contributed by atoms with Crippen LogP contribution in [-0.4, -0.2) is 44.2 Å². The molecule has 0 spiro atoms. The largest absolute Gasteiger partial charge is 0.726 e. The van der Waals surface area contributed by atoms with Gasteiger partial charge in [-0.3, -0.25) is 4.18 Å². The molecular formula is C14H25NO4S. The van der Waals surface area contributed by atoms with Crippen molar-refractivity contribution in [2.24, 2.45) is 0 Å². The number of hydrogen-bond donors (Lipinski definition) is 0. The van der Waals surface area contributed by atoms with Crippen molar-refractivity contribution in [1.29, 1.82) is 0 Å². The average Bonchev–Trinajstić information content (AvgIpc) is 2.46. The highest BCUT2D eigenvalue weighted by Gasteiger charge is 2.20. The molecule has 1 aromatic carbocycles. The van der Waals surface area contributed by atoms with E-state index in [1.54, 1.807) is 0 Å². The third kappa shape index (κ3) is 7.59. The fourth-order valence-electron chi connectivity index (χ4n) is 1.98. The van der Waals surface area contributed by atoms with Crippen LogP contribution < -0.4 is 0 Å². The maximum Gasteiger partial charge on any atom is 0.217 e. The van der Waals surface area contributed by atoms with E-state index in [-0.39, 0.29) is 0 Å². The summed E-state index contributed by atoms with van der Waals surface area (Å²) in [7, 11) is -3.60. The monoisotopic (exact) mass is 303 g/mol. The van der Waals surface area contributed by atoms with Gasteiger partial charge in [0.1, 0.15) is 6.54 Å². The minimum Gasteiger partial charge on any atom is -0.726 e. The van der Waals surface area contributed by atoms with Gasteiger partial charge in [0.05, 0.1) is 26.7 Å². The average molecular weight is 303 g/mol. The Morgan fingerprint density at radius 3 is 1.75 bits per heavy atom. The van der Waals surface area contributed by atoms with Crippen molar-refractivity contribution >= 4 is 10.4 Å². The van der Waals surface area contributed by atoms with E-state index >= 15 is 0 Å². The van der Waals surface area contributed by atoms with E-state index in [0.717, 1.165) is 7.11 Å². The number of nitrogens with zero attached hydrogens (tertiary/aromatic N) is 1. The first-order valence-corrected chi connectivity index (χ1v) is 8.06. The summed E-state index contributed by atoms with van der Waals surface area (Å²) in [6.45, 7) is 11.7. The summed E-state index contributed by atoms with van der Waals surface area (Å²) >= 11 is 0. The Bertz CT molecular complexity index is 447. The van der Waals surface area contributed by atoms with Gasteiger partial charge in [0, 0.05) is 5.56 Å². The van der Waals surface area contributed by atoms with Crippen molar-refractivity contribution in [2.45, 2.75) is 27.3 Å². The SMILES string of the molecule is CC[N+](CC)(CC)Cc1ccccc1.COS(=O)(=O)[O-]. The molecular weight excluding hydrogens is 278 g/mol. The van der Waals surface area contributed by atoms with Gasteiger partial charge in [0.2, 0.25) is 10.4 Å². The van der Waals surface area contributed by atoms with E-state index < -0.39 is 10.4 Å². The first-order chi connectivity index (χ1) is 9.32. The minimum atomic E-state index is -4.41. The van der Waals surface area contributed by atoms with Gasteiger partial charge in [-0.05, 0) is 20.8 Å². The predicted molar refractivity (Wildman–Crippen MR) is 78.7 cm³/mol. The van der Waals surface area contributed by atoms with Gasteiger partial charge in [0.15, 0.2) is 0 Å². The summed E-state index contributed by atoms with van der Waals surface area (Å²) in [6.07, 6.45) is 0. The number of quaternary nitrogens is 1. The van der Waals surface area contributed by atoms with E-state index in [1.165, 1.54) is 36.2 Å². The van der Waals surface area contributed by atoms with E-state index in [4.69, 9.17) is 0 Å². The van der Waals surface area contributed by atoms with Crippen molar-refractivity contribution in [2.75, 3.05) is 26.7 Å². The minimum absolute atomic E-state index is 0.808. The van der Waals surface area contributed by atoms with Gasteiger partial charge < -0.3 is 9.04 Å². The second-order valence-corrected chi connectivity index (χ2v) is 5.66. The van der Waals surface area contributed by atoms with Gasteiger partial charge in [-0.15, -0.1) is 0 Å². The van der Waals surface area contributed by atoms with E-state index in [1.807, 2.05) is 0 Å². The maximum atomic E-state index is 9.22. The molecule has 0 atom stereocenters. The Morgan fingerprint density at radius 2 is 1.45 bits per heavy atom. The second kappa shape index (κ2) is 9.07. The van der Waals surface area contributed by atoms with Crippen LogP contribution in [0.1, 0.15) is 26.3 Å². The Labute approximate surface area is 122 Å². The molecule has 1 aromatic rings. The highest BCUT2D eigenvalue weighted by atomic mass is 32.3. The highest BCUT2D eigenvalue weighted by molar-refractivity contribution is 7.80. The van der Waals surface area contributed by atoms with E-state index in [9.17, 15) is 13.0 Å². The number of benzene rings is 1. The third-order valence-corrected chi connectivity index (χ3v) is 3.99. The summed E-state index contributed by atoms with van der Waals surface area (Å²) in [5.41, 5.74) is 1.46. The van der Waals surface area contributed by atoms with Crippen molar-refractivity contribution in [3.63, 3.8) is 0 Å². The Kier molecular flexibility index (Phi) is 8.64. The summed E-state index contributed by atoms with van der Waals surface area (Å²) in [6, 6.07) is 10.8. The molecule has 1 rings (SSSR count). The van der Waals surface area contributed by atoms with Crippen molar-refractivity contribution in [1.82, 2.24) is 0 Å². The zero-order valence-electron chi connectivity index (χ0n) is 12.7. The smallest absolute Gasteiger partial charge is 0.217 e. The fourth-order valence-corrected chi connectivity index (χ4v) is 1.98. The molecule has 0 heterocycles. The molecule has 0 N–H and O–H groups in total. The lowest BCUT2D eigenvalue weighted by atomic mass is 10.2. The van der Waals surface area contributed by atoms with Crippen LogP contribution in [0.3, 0.4) is 0 Å². The Hall–Kier alpha value is -0.950. The molecule has 0 unspecified atom stereocenters. The van der Waals surface area contributed by atoms with Crippen LogP contribution in [0, 0.1) is 0 Å². The van der Waals surface area contributed by atoms with Crippen LogP contribution in [0.4, 0.5) is 0 Å². The lowest BCUT2D eigenvalue weighted by Crippen LogP contribution is -2.46. The molecule has 0 radical (unpaired) electrons. The van der Waals surface area contributed by atoms with Gasteiger partial charge in [-0.2, -0.15) is 0 Å². The zero-order valence-corrected chi connectivity index (χ0v) is 13.5. The van der Waals surface area contributed by atoms with Crippen LogP contribution >= 0.6 is 0 Å². The zero-order chi connectivity index (χ0) is 15.6. The van der Waals surface area contributed by atoms with Gasteiger partial charge in [0.25, 0.3) is 0 Å². The summed E-state index contributed by atoms with van der Waals surface area (Å²) in [5.74, 6) is 0. The molecule has 0 aliphatic carbocycles. The first kappa shape index (κ1) is 19.1. The van der Waals surface area contributed by atoms with Crippen LogP contribution in [-0.2, 0) is 21.1 Å². The first-order valence-electron chi connectivity index (χ1n) is 6.73. The van der Waals surface area contributed by atoms with Crippen LogP contribution in [0.25, 0.3) is 0 Å². The van der Waals surface area contributed by atoms with Crippen molar-refractivity contribution in [3.05, 3.63) is 35.9 Å². The quantitative estimate of drug-likeness (QED) is 0.459. The van der Waals surface area contributed by atoms with Crippen LogP contribution in [0.2, 0.25) is 0 Å². The normalized spacial score (nSPS) is 11.7. The molecule has 0 bridgehead atoms. The van der Waals surface area contributed by atoms with Crippen molar-refractivity contribution in [3.8, 4) is 0 Å². The number of hydrogen-bond acceptors (Lipinski definition) is 4. The van der Waals surface area contributed by atoms with Crippen LogP contribution in [0.15, 0.2) is 30.3 Å². The van der Waals surface area contributed by atoms with Gasteiger partial charge in [-0.25, -0.2) is 8.42 Å². The molecule has 0 aromatic heterocycles. The standard InChI is InChI=1S/C13H22N.CH4O4S/c1-4-14(5-2,6-3)12-13-10-8-7-9-11-13;1-5-6(2,3)4/h7-11H,4-6,12H2,1-3H3;1H3,(H,2,3,4)/q+1;/p-1. The fraction of sp³-hybridized carbons (Fsp3) is 0.571. The topological polar surface area (TPSA) is 66.4 Å². The molecule has 5 nitrogen and oxygen atoms in total. The third-order valence-electron chi connectivity index (χ3n) is 3.58. The molecule has 0 amide bonds. The highest BCUT2D eigenvalue weighted by Crippen LogP contribution is 2.13. The predicted octanol–water partition coefficient (Wildman–Crippen LogP) is 2.16.